The van der Waals surface area contributed by atoms with Crippen LogP contribution in [0.1, 0.15) is 19.5 Å². The summed E-state index contributed by atoms with van der Waals surface area (Å²) in [5, 5.41) is 10.5. The molecule has 0 saturated heterocycles. The molecule has 1 aromatic heterocycles. The van der Waals surface area contributed by atoms with Crippen LogP contribution in [0.4, 0.5) is 13.2 Å². The molecule has 0 N–H and O–H groups in total. The van der Waals surface area contributed by atoms with Gasteiger partial charge < -0.3 is 14.1 Å². The minimum Gasteiger partial charge on any atom is -0.610 e. The fraction of sp³-hybridized carbons (Fsp3) is 0.700. The average Bonchev–Trinajstić information content (AvgIpc) is 2.80. The van der Waals surface area contributed by atoms with Crippen molar-refractivity contribution < 1.29 is 27.3 Å². The Hall–Kier alpha value is -1.49. The molecule has 0 aliphatic carbocycles. The van der Waals surface area contributed by atoms with Crippen LogP contribution in [0, 0.1) is 0 Å². The molecule has 2 rings (SSSR count). The number of aryl methyl sites for hydroxylation is 1. The van der Waals surface area contributed by atoms with Gasteiger partial charge in [-0.3, -0.25) is 0 Å². The normalized spacial score (nSPS) is 22.1. The molecule has 7 nitrogen and oxygen atoms in total. The zero-order valence-corrected chi connectivity index (χ0v) is 12.2. The SMILES string of the molecule is Cn1nc(C[S+]([O-])C2=NOC(C)(C)C2F)c(OC(F)F)n1. The molecule has 1 aliphatic heterocycles. The molecule has 0 radical (unpaired) electrons. The Morgan fingerprint density at radius 1 is 1.48 bits per heavy atom. The molecule has 11 heteroatoms. The van der Waals surface area contributed by atoms with Crippen molar-refractivity contribution in [2.45, 2.75) is 38.0 Å². The highest BCUT2D eigenvalue weighted by Crippen LogP contribution is 2.30. The van der Waals surface area contributed by atoms with Crippen molar-refractivity contribution in [3.8, 4) is 5.88 Å². The van der Waals surface area contributed by atoms with Crippen LogP contribution in [-0.4, -0.2) is 43.0 Å². The minimum atomic E-state index is -3.09. The van der Waals surface area contributed by atoms with Gasteiger partial charge in [-0.1, -0.05) is 0 Å². The van der Waals surface area contributed by atoms with Gasteiger partial charge >= 0.3 is 6.61 Å². The molecule has 0 fully saturated rings. The van der Waals surface area contributed by atoms with E-state index in [-0.39, 0.29) is 16.5 Å². The zero-order chi connectivity index (χ0) is 15.8. The highest BCUT2D eigenvalue weighted by Gasteiger charge is 2.48. The fourth-order valence-corrected chi connectivity index (χ4v) is 2.82. The third-order valence-electron chi connectivity index (χ3n) is 2.65. The zero-order valence-electron chi connectivity index (χ0n) is 11.4. The lowest BCUT2D eigenvalue weighted by Gasteiger charge is -2.17. The summed E-state index contributed by atoms with van der Waals surface area (Å²) in [6, 6.07) is 0. The van der Waals surface area contributed by atoms with E-state index in [1.54, 1.807) is 0 Å². The molecule has 2 heterocycles. The number of hydrogen-bond acceptors (Lipinski definition) is 6. The molecule has 2 unspecified atom stereocenters. The second kappa shape index (κ2) is 5.72. The first-order valence-electron chi connectivity index (χ1n) is 5.84. The Morgan fingerprint density at radius 2 is 2.14 bits per heavy atom. The molecule has 1 aromatic rings. The van der Waals surface area contributed by atoms with E-state index in [2.05, 4.69) is 20.1 Å². The summed E-state index contributed by atoms with van der Waals surface area (Å²) < 4.78 is 54.7. The van der Waals surface area contributed by atoms with Crippen molar-refractivity contribution in [2.24, 2.45) is 12.2 Å². The van der Waals surface area contributed by atoms with Crippen molar-refractivity contribution in [1.82, 2.24) is 15.0 Å². The first-order chi connectivity index (χ1) is 9.70. The van der Waals surface area contributed by atoms with E-state index in [4.69, 9.17) is 4.84 Å². The summed E-state index contributed by atoms with van der Waals surface area (Å²) in [5.74, 6) is -0.802. The molecular weight excluding hydrogens is 313 g/mol. The first-order valence-corrected chi connectivity index (χ1v) is 7.16. The van der Waals surface area contributed by atoms with Gasteiger partial charge in [0.15, 0.2) is 17.0 Å². The molecule has 0 saturated carbocycles. The Kier molecular flexibility index (Phi) is 4.33. The van der Waals surface area contributed by atoms with Crippen molar-refractivity contribution in [2.75, 3.05) is 0 Å². The minimum absolute atomic E-state index is 0.0734. The summed E-state index contributed by atoms with van der Waals surface area (Å²) in [7, 11) is 1.39. The average molecular weight is 326 g/mol. The third-order valence-corrected chi connectivity index (χ3v) is 3.93. The summed E-state index contributed by atoms with van der Waals surface area (Å²) in [5.41, 5.74) is -1.29. The van der Waals surface area contributed by atoms with Gasteiger partial charge in [-0.15, -0.1) is 10.2 Å². The number of alkyl halides is 3. The first kappa shape index (κ1) is 15.9. The van der Waals surface area contributed by atoms with Gasteiger partial charge in [0.2, 0.25) is 6.17 Å². The maximum absolute atomic E-state index is 14.0. The van der Waals surface area contributed by atoms with Crippen molar-refractivity contribution in [3.63, 3.8) is 0 Å². The molecule has 118 valence electrons. The quantitative estimate of drug-likeness (QED) is 0.774. The van der Waals surface area contributed by atoms with Crippen molar-refractivity contribution >= 4 is 16.2 Å². The standard InChI is InChI=1S/C10H13F3N4O3S/c1-10(2)6(11)8(16-20-10)21(18)4-5-7(19-9(12)13)15-17(3)14-5/h6,9H,4H2,1-3H3. The van der Waals surface area contributed by atoms with E-state index in [0.717, 1.165) is 4.80 Å². The Bertz CT molecular complexity index is 552. The van der Waals surface area contributed by atoms with Crippen LogP contribution in [-0.2, 0) is 28.8 Å². The summed E-state index contributed by atoms with van der Waals surface area (Å²) in [6.45, 7) is -0.174. The maximum atomic E-state index is 14.0. The van der Waals surface area contributed by atoms with E-state index < -0.39 is 35.4 Å². The molecule has 21 heavy (non-hydrogen) atoms. The van der Waals surface area contributed by atoms with Crippen LogP contribution >= 0.6 is 0 Å². The number of oxime groups is 1. The number of aromatic nitrogens is 3. The van der Waals surface area contributed by atoms with Crippen LogP contribution in [0.3, 0.4) is 0 Å². The largest absolute Gasteiger partial charge is 0.610 e. The maximum Gasteiger partial charge on any atom is 0.388 e. The second-order valence-corrected chi connectivity index (χ2v) is 6.19. The molecule has 1 aliphatic rings. The van der Waals surface area contributed by atoms with Crippen LogP contribution in [0.25, 0.3) is 0 Å². The van der Waals surface area contributed by atoms with E-state index in [0.29, 0.717) is 0 Å². The molecule has 0 aromatic carbocycles. The molecular formula is C10H13F3N4O3S. The molecule has 2 atom stereocenters. The van der Waals surface area contributed by atoms with Crippen molar-refractivity contribution in [3.05, 3.63) is 5.69 Å². The third kappa shape index (κ3) is 3.40. The van der Waals surface area contributed by atoms with E-state index in [1.165, 1.54) is 20.9 Å². The Labute approximate surface area is 121 Å². The fourth-order valence-electron chi connectivity index (χ4n) is 1.60. The van der Waals surface area contributed by atoms with Crippen LogP contribution < -0.4 is 4.74 Å². The van der Waals surface area contributed by atoms with Gasteiger partial charge in [0.05, 0.1) is 0 Å². The predicted molar refractivity (Wildman–Crippen MR) is 67.0 cm³/mol. The van der Waals surface area contributed by atoms with Crippen LogP contribution in [0.2, 0.25) is 0 Å². The smallest absolute Gasteiger partial charge is 0.388 e. The topological polar surface area (TPSA) is 84.6 Å². The lowest BCUT2D eigenvalue weighted by molar-refractivity contribution is -0.0536. The summed E-state index contributed by atoms with van der Waals surface area (Å²) in [4.78, 5) is 5.85. The lowest BCUT2D eigenvalue weighted by atomic mass is 10.1. The summed E-state index contributed by atoms with van der Waals surface area (Å²) >= 11 is -1.93. The highest BCUT2D eigenvalue weighted by atomic mass is 32.2. The Morgan fingerprint density at radius 3 is 2.67 bits per heavy atom. The van der Waals surface area contributed by atoms with Gasteiger partial charge in [0.25, 0.3) is 10.9 Å². The number of rotatable bonds is 4. The van der Waals surface area contributed by atoms with Crippen LogP contribution in [0.15, 0.2) is 5.16 Å². The van der Waals surface area contributed by atoms with E-state index in [9.17, 15) is 17.7 Å². The van der Waals surface area contributed by atoms with Gasteiger partial charge in [-0.25, -0.2) is 4.39 Å². The molecule has 0 bridgehead atoms. The van der Waals surface area contributed by atoms with Gasteiger partial charge in [0.1, 0.15) is 0 Å². The summed E-state index contributed by atoms with van der Waals surface area (Å²) in [6.07, 6.45) is -1.66. The van der Waals surface area contributed by atoms with Gasteiger partial charge in [-0.05, 0) is 19.0 Å². The van der Waals surface area contributed by atoms with E-state index >= 15 is 0 Å². The number of hydrogen-bond donors (Lipinski definition) is 0. The highest BCUT2D eigenvalue weighted by molar-refractivity contribution is 8.05. The lowest BCUT2D eigenvalue weighted by Crippen LogP contribution is -2.37. The molecule has 0 spiro atoms. The number of halogens is 3. The van der Waals surface area contributed by atoms with Crippen molar-refractivity contribution in [1.29, 1.82) is 0 Å². The monoisotopic (exact) mass is 326 g/mol. The van der Waals surface area contributed by atoms with Gasteiger partial charge in [-0.2, -0.15) is 13.6 Å². The number of ether oxygens (including phenoxy) is 1. The predicted octanol–water partition coefficient (Wildman–Crippen LogP) is 1.13. The second-order valence-electron chi connectivity index (χ2n) is 4.80. The molecule has 0 amide bonds. The Balaban J connectivity index is 2.12. The van der Waals surface area contributed by atoms with Gasteiger partial charge in [0, 0.05) is 18.2 Å². The van der Waals surface area contributed by atoms with Crippen LogP contribution in [0.5, 0.6) is 5.88 Å². The van der Waals surface area contributed by atoms with E-state index in [1.807, 2.05) is 0 Å². The number of nitrogens with zero attached hydrogens (tertiary/aromatic N) is 4.